The van der Waals surface area contributed by atoms with Gasteiger partial charge in [-0.05, 0) is 48.7 Å². The fourth-order valence-corrected chi connectivity index (χ4v) is 3.39. The summed E-state index contributed by atoms with van der Waals surface area (Å²) >= 11 is 12.0. The van der Waals surface area contributed by atoms with E-state index in [1.54, 1.807) is 12.1 Å². The summed E-state index contributed by atoms with van der Waals surface area (Å²) < 4.78 is 0. The highest BCUT2D eigenvalue weighted by molar-refractivity contribution is 6.35. The minimum atomic E-state index is -0.0194. The molecule has 0 fully saturated rings. The smallest absolute Gasteiger partial charge is 0.233 e. The van der Waals surface area contributed by atoms with E-state index in [1.807, 2.05) is 24.4 Å². The molecule has 1 aromatic heterocycles. The van der Waals surface area contributed by atoms with Gasteiger partial charge >= 0.3 is 0 Å². The minimum Gasteiger partial charge on any atom is -0.361 e. The number of hydrogen-bond acceptors (Lipinski definition) is 2. The summed E-state index contributed by atoms with van der Waals surface area (Å²) in [7, 11) is 0. The first kappa shape index (κ1) is 18.8. The molecule has 0 radical (unpaired) electrons. The number of H-pyrrole nitrogens is 1. The first-order valence-electron chi connectivity index (χ1n) is 8.60. The average Bonchev–Trinajstić information content (AvgIpc) is 3.04. The van der Waals surface area contributed by atoms with Gasteiger partial charge in [-0.15, -0.1) is 0 Å². The van der Waals surface area contributed by atoms with E-state index in [0.29, 0.717) is 29.6 Å². The molecule has 0 bridgehead atoms. The van der Waals surface area contributed by atoms with Gasteiger partial charge in [0.1, 0.15) is 0 Å². The fourth-order valence-electron chi connectivity index (χ4n) is 2.89. The Balaban J connectivity index is 1.35. The molecule has 0 aliphatic carbocycles. The van der Waals surface area contributed by atoms with E-state index in [2.05, 4.69) is 27.8 Å². The van der Waals surface area contributed by atoms with E-state index in [1.165, 1.54) is 10.9 Å². The summed E-state index contributed by atoms with van der Waals surface area (Å²) in [5, 5.41) is 8.56. The molecule has 0 aliphatic heterocycles. The maximum atomic E-state index is 11.9. The summed E-state index contributed by atoms with van der Waals surface area (Å²) in [6, 6.07) is 13.6. The number of hydrogen-bond donors (Lipinski definition) is 3. The molecule has 3 aromatic rings. The third-order valence-electron chi connectivity index (χ3n) is 4.26. The fraction of sp³-hybridized carbons (Fsp3) is 0.250. The molecular weight excluding hydrogens is 369 g/mol. The van der Waals surface area contributed by atoms with Crippen LogP contribution >= 0.6 is 23.2 Å². The zero-order valence-corrected chi connectivity index (χ0v) is 15.8. The van der Waals surface area contributed by atoms with Gasteiger partial charge in [-0.2, -0.15) is 0 Å². The third-order valence-corrected chi connectivity index (χ3v) is 4.85. The number of aromatic amines is 1. The van der Waals surface area contributed by atoms with Crippen LogP contribution in [0.1, 0.15) is 11.1 Å². The third kappa shape index (κ3) is 5.01. The highest BCUT2D eigenvalue weighted by atomic mass is 35.5. The van der Waals surface area contributed by atoms with Gasteiger partial charge in [-0.1, -0.05) is 47.5 Å². The van der Waals surface area contributed by atoms with Crippen molar-refractivity contribution in [3.05, 3.63) is 69.8 Å². The second-order valence-corrected chi connectivity index (χ2v) is 6.97. The molecule has 3 N–H and O–H groups in total. The minimum absolute atomic E-state index is 0.0194. The van der Waals surface area contributed by atoms with Crippen LogP contribution in [-0.4, -0.2) is 30.5 Å². The van der Waals surface area contributed by atoms with Crippen LogP contribution in [0.25, 0.3) is 10.9 Å². The highest BCUT2D eigenvalue weighted by Crippen LogP contribution is 2.21. The normalized spacial score (nSPS) is 11.0. The number of carbonyl (C=O) groups excluding carboxylic acids is 1. The summed E-state index contributed by atoms with van der Waals surface area (Å²) in [6.45, 7) is 1.60. The largest absolute Gasteiger partial charge is 0.361 e. The second-order valence-electron chi connectivity index (χ2n) is 6.12. The lowest BCUT2D eigenvalue weighted by molar-refractivity contribution is -0.120. The first-order valence-corrected chi connectivity index (χ1v) is 9.35. The Labute approximate surface area is 162 Å². The van der Waals surface area contributed by atoms with Crippen molar-refractivity contribution >= 4 is 40.0 Å². The number of fused-ring (bicyclic) bond motifs is 1. The van der Waals surface area contributed by atoms with E-state index in [4.69, 9.17) is 23.2 Å². The lowest BCUT2D eigenvalue weighted by Crippen LogP contribution is -2.35. The topological polar surface area (TPSA) is 56.9 Å². The molecule has 0 saturated carbocycles. The molecule has 0 atom stereocenters. The summed E-state index contributed by atoms with van der Waals surface area (Å²) in [5.41, 5.74) is 3.37. The lowest BCUT2D eigenvalue weighted by Gasteiger charge is -2.08. The van der Waals surface area contributed by atoms with Crippen molar-refractivity contribution in [1.29, 1.82) is 0 Å². The molecule has 1 amide bonds. The quantitative estimate of drug-likeness (QED) is 0.510. The van der Waals surface area contributed by atoms with Crippen LogP contribution in [0.3, 0.4) is 0 Å². The molecule has 4 nitrogen and oxygen atoms in total. The Morgan fingerprint density at radius 1 is 1.00 bits per heavy atom. The number of nitrogens with one attached hydrogen (secondary N) is 3. The van der Waals surface area contributed by atoms with Gasteiger partial charge in [0.15, 0.2) is 0 Å². The Hall–Kier alpha value is -2.01. The van der Waals surface area contributed by atoms with Gasteiger partial charge in [-0.3, -0.25) is 4.79 Å². The molecule has 6 heteroatoms. The molecule has 3 rings (SSSR count). The summed E-state index contributed by atoms with van der Waals surface area (Å²) in [5.74, 6) is -0.0194. The molecule has 26 heavy (non-hydrogen) atoms. The van der Waals surface area contributed by atoms with Crippen molar-refractivity contribution in [2.45, 2.75) is 12.8 Å². The van der Waals surface area contributed by atoms with Crippen LogP contribution in [0.5, 0.6) is 0 Å². The SMILES string of the molecule is O=C(CNCCc1c[nH]c2ccccc12)NCCc1ccc(Cl)cc1Cl. The van der Waals surface area contributed by atoms with Crippen molar-refractivity contribution in [2.24, 2.45) is 0 Å². The van der Waals surface area contributed by atoms with Crippen LogP contribution in [-0.2, 0) is 17.6 Å². The number of rotatable bonds is 8. The van der Waals surface area contributed by atoms with Gasteiger partial charge in [0.05, 0.1) is 6.54 Å². The highest BCUT2D eigenvalue weighted by Gasteiger charge is 2.05. The molecule has 0 unspecified atom stereocenters. The van der Waals surface area contributed by atoms with Crippen molar-refractivity contribution < 1.29 is 4.79 Å². The van der Waals surface area contributed by atoms with Crippen LogP contribution in [0, 0.1) is 0 Å². The van der Waals surface area contributed by atoms with Gasteiger partial charge in [0, 0.05) is 33.7 Å². The number of benzene rings is 2. The number of aromatic nitrogens is 1. The average molecular weight is 390 g/mol. The second kappa shape index (κ2) is 9.08. The van der Waals surface area contributed by atoms with E-state index >= 15 is 0 Å². The Morgan fingerprint density at radius 2 is 1.81 bits per heavy atom. The predicted octanol–water partition coefficient (Wildman–Crippen LogP) is 3.97. The van der Waals surface area contributed by atoms with E-state index in [9.17, 15) is 4.79 Å². The molecule has 1 heterocycles. The van der Waals surface area contributed by atoms with Crippen LogP contribution in [0.15, 0.2) is 48.7 Å². The van der Waals surface area contributed by atoms with Gasteiger partial charge in [0.2, 0.25) is 5.91 Å². The Kier molecular flexibility index (Phi) is 6.56. The van der Waals surface area contributed by atoms with Crippen molar-refractivity contribution in [2.75, 3.05) is 19.6 Å². The van der Waals surface area contributed by atoms with Crippen LogP contribution < -0.4 is 10.6 Å². The number of halogens is 2. The van der Waals surface area contributed by atoms with Crippen molar-refractivity contribution in [3.63, 3.8) is 0 Å². The maximum absolute atomic E-state index is 11.9. The zero-order chi connectivity index (χ0) is 18.4. The van der Waals surface area contributed by atoms with Gasteiger partial charge in [0.25, 0.3) is 0 Å². The molecule has 2 aromatic carbocycles. The first-order chi connectivity index (χ1) is 12.6. The Bertz CT molecular complexity index is 892. The van der Waals surface area contributed by atoms with Gasteiger partial charge < -0.3 is 15.6 Å². The van der Waals surface area contributed by atoms with E-state index in [-0.39, 0.29) is 5.91 Å². The zero-order valence-electron chi connectivity index (χ0n) is 14.3. The monoisotopic (exact) mass is 389 g/mol. The van der Waals surface area contributed by atoms with Crippen LogP contribution in [0.2, 0.25) is 10.0 Å². The molecule has 136 valence electrons. The number of para-hydroxylation sites is 1. The van der Waals surface area contributed by atoms with Gasteiger partial charge in [-0.25, -0.2) is 0 Å². The Morgan fingerprint density at radius 3 is 2.65 bits per heavy atom. The number of carbonyl (C=O) groups is 1. The standard InChI is InChI=1S/C20H21Cl2N3O/c21-16-6-5-14(18(22)11-16)8-10-24-20(26)13-23-9-7-15-12-25-19-4-2-1-3-17(15)19/h1-6,11-12,23,25H,7-10,13H2,(H,24,26). The molecule has 0 aliphatic rings. The molecule has 0 saturated heterocycles. The van der Waals surface area contributed by atoms with E-state index in [0.717, 1.165) is 24.0 Å². The van der Waals surface area contributed by atoms with Crippen molar-refractivity contribution in [1.82, 2.24) is 15.6 Å². The van der Waals surface area contributed by atoms with Crippen molar-refractivity contribution in [3.8, 4) is 0 Å². The molecule has 0 spiro atoms. The molecular formula is C20H21Cl2N3O. The maximum Gasteiger partial charge on any atom is 0.233 e. The number of amides is 1. The summed E-state index contributed by atoms with van der Waals surface area (Å²) in [6.07, 6.45) is 3.58. The predicted molar refractivity (Wildman–Crippen MR) is 108 cm³/mol. The lowest BCUT2D eigenvalue weighted by atomic mass is 10.1. The van der Waals surface area contributed by atoms with E-state index < -0.39 is 0 Å². The summed E-state index contributed by atoms with van der Waals surface area (Å²) in [4.78, 5) is 15.2. The van der Waals surface area contributed by atoms with Crippen LogP contribution in [0.4, 0.5) is 0 Å².